The molecule has 0 saturated carbocycles. The molecule has 4 rings (SSSR count). The minimum atomic E-state index is -2.10. The number of ether oxygens (including phenoxy) is 7. The van der Waals surface area contributed by atoms with Crippen LogP contribution in [0.4, 0.5) is 0 Å². The van der Waals surface area contributed by atoms with E-state index in [2.05, 4.69) is 18.7 Å². The van der Waals surface area contributed by atoms with Gasteiger partial charge in [-0.2, -0.15) is 0 Å². The topological polar surface area (TPSA) is 186 Å². The molecule has 4 aliphatic heterocycles. The molecule has 14 nitrogen and oxygen atoms in total. The predicted octanol–water partition coefficient (Wildman–Crippen LogP) is 2.64. The summed E-state index contributed by atoms with van der Waals surface area (Å²) in [6.07, 6.45) is -10.2. The number of aliphatic hydroxyl groups is 5. The lowest BCUT2D eigenvalue weighted by atomic mass is 9.78. The fraction of sp³-hybridized carbons (Fsp3) is 0.923. The van der Waals surface area contributed by atoms with E-state index in [1.54, 1.807) is 27.7 Å². The van der Waals surface area contributed by atoms with Gasteiger partial charge in [-0.25, -0.2) is 0 Å². The summed E-state index contributed by atoms with van der Waals surface area (Å²) >= 11 is 0. The van der Waals surface area contributed by atoms with Gasteiger partial charge in [-0.3, -0.25) is 9.69 Å². The van der Waals surface area contributed by atoms with Crippen molar-refractivity contribution in [2.45, 2.75) is 199 Å². The molecule has 0 spiro atoms. The summed E-state index contributed by atoms with van der Waals surface area (Å²) in [4.78, 5) is 16.3. The number of esters is 1. The first kappa shape index (κ1) is 44.3. The largest absolute Gasteiger partial charge is 0.489 e. The van der Waals surface area contributed by atoms with E-state index in [9.17, 15) is 30.3 Å². The zero-order valence-corrected chi connectivity index (χ0v) is 34.3. The number of nitrogens with zero attached hydrogens (tertiary/aromatic N) is 1. The third kappa shape index (κ3) is 8.78. The molecule has 0 radical (unpaired) electrons. The number of rotatable bonds is 8. The Balaban J connectivity index is 1.86. The number of aliphatic hydroxyl groups excluding tert-OH is 4. The molecule has 0 aliphatic carbocycles. The molecular weight excluding hydrogens is 690 g/mol. The standard InChI is InChI=1S/C39H69NO13/c1-18(2)40(13)26-15-20(4)48-36(28(26)42)52-33-22(6)30(50-27-17-37(10,47-14)32(44)25(9)49-27)23(7)35(45)51-34(24(8)41)39(12,46)31(43)21(5)29-19(3)16-38(33,11)53-29/h18,20-28,30-34,36,41-44,46H,15-17H2,1-14H3/t20-,21-,22+,23-,24-,25+,26+,27+,28-,30+,31-,32+,33-,34-,36+,37-,38-,39+/m1/s1. The first-order chi connectivity index (χ1) is 24.4. The SMILES string of the molecule is CO[C@]1(C)C[C@H](O[C@H]2[C@H](C)[C@@H](O[C@@H]3O[C@H](C)C[C@H](N(C)C(C)C)[C@H]3O)[C@@]3(C)CC(C)=C(O3)[C@@H](C)[C@@H](O)[C@](C)(O)[C@@H]([C@@H](C)O)OC(=O)[C@@H]2C)O[C@@H](C)[C@@H]1O. The van der Waals surface area contributed by atoms with Crippen LogP contribution in [0.5, 0.6) is 0 Å². The molecule has 5 N–H and O–H groups in total. The van der Waals surface area contributed by atoms with E-state index in [-0.39, 0.29) is 24.6 Å². The van der Waals surface area contributed by atoms with Crippen LogP contribution in [-0.4, -0.2) is 147 Å². The van der Waals surface area contributed by atoms with E-state index in [0.717, 1.165) is 5.57 Å². The van der Waals surface area contributed by atoms with E-state index in [1.165, 1.54) is 21.0 Å². The van der Waals surface area contributed by atoms with Crippen molar-refractivity contribution >= 4 is 5.97 Å². The highest BCUT2D eigenvalue weighted by molar-refractivity contribution is 5.73. The lowest BCUT2D eigenvalue weighted by Crippen LogP contribution is -2.61. The summed E-state index contributed by atoms with van der Waals surface area (Å²) < 4.78 is 44.6. The monoisotopic (exact) mass is 759 g/mol. The molecule has 308 valence electrons. The van der Waals surface area contributed by atoms with Crippen LogP contribution >= 0.6 is 0 Å². The maximum Gasteiger partial charge on any atom is 0.311 e. The van der Waals surface area contributed by atoms with Crippen molar-refractivity contribution in [3.63, 3.8) is 0 Å². The highest BCUT2D eigenvalue weighted by atomic mass is 16.7. The summed E-state index contributed by atoms with van der Waals surface area (Å²) in [5, 5.41) is 57.1. The average molecular weight is 760 g/mol. The van der Waals surface area contributed by atoms with Crippen LogP contribution in [0.15, 0.2) is 11.3 Å². The van der Waals surface area contributed by atoms with Gasteiger partial charge in [-0.15, -0.1) is 0 Å². The Hall–Kier alpha value is -1.43. The van der Waals surface area contributed by atoms with Crippen LogP contribution in [0, 0.1) is 17.8 Å². The number of methoxy groups -OCH3 is 1. The molecule has 3 saturated heterocycles. The van der Waals surface area contributed by atoms with Crippen molar-refractivity contribution in [2.24, 2.45) is 17.8 Å². The van der Waals surface area contributed by atoms with Gasteiger partial charge in [-0.05, 0) is 88.3 Å². The van der Waals surface area contributed by atoms with Gasteiger partial charge in [0.15, 0.2) is 18.7 Å². The van der Waals surface area contributed by atoms with E-state index in [0.29, 0.717) is 18.6 Å². The molecule has 14 heteroatoms. The van der Waals surface area contributed by atoms with Gasteiger partial charge in [0.25, 0.3) is 0 Å². The van der Waals surface area contributed by atoms with Gasteiger partial charge in [-0.1, -0.05) is 13.8 Å². The van der Waals surface area contributed by atoms with Crippen molar-refractivity contribution in [1.82, 2.24) is 4.90 Å². The average Bonchev–Trinajstić information content (AvgIpc) is 3.40. The Morgan fingerprint density at radius 1 is 0.943 bits per heavy atom. The molecule has 0 unspecified atom stereocenters. The van der Waals surface area contributed by atoms with Gasteiger partial charge in [0, 0.05) is 43.9 Å². The summed E-state index contributed by atoms with van der Waals surface area (Å²) in [5.74, 6) is -2.89. The van der Waals surface area contributed by atoms with Crippen LogP contribution in [0.2, 0.25) is 0 Å². The van der Waals surface area contributed by atoms with Gasteiger partial charge in [0.2, 0.25) is 0 Å². The summed E-state index contributed by atoms with van der Waals surface area (Å²) in [7, 11) is 3.47. The van der Waals surface area contributed by atoms with Gasteiger partial charge in [0.1, 0.15) is 35.3 Å². The number of carbonyl (C=O) groups is 1. The Morgan fingerprint density at radius 2 is 1.57 bits per heavy atom. The number of likely N-dealkylation sites (N-methyl/N-ethyl adjacent to an activating group) is 1. The van der Waals surface area contributed by atoms with Crippen molar-refractivity contribution in [2.75, 3.05) is 14.2 Å². The van der Waals surface area contributed by atoms with Crippen LogP contribution in [-0.2, 0) is 38.0 Å². The van der Waals surface area contributed by atoms with Crippen LogP contribution < -0.4 is 0 Å². The van der Waals surface area contributed by atoms with Crippen molar-refractivity contribution in [3.8, 4) is 0 Å². The summed E-state index contributed by atoms with van der Waals surface area (Å²) in [6, 6.07) is -0.128. The zero-order chi connectivity index (χ0) is 40.1. The Morgan fingerprint density at radius 3 is 2.13 bits per heavy atom. The number of carbonyl (C=O) groups excluding carboxylic acids is 1. The second kappa shape index (κ2) is 16.6. The molecule has 0 aromatic heterocycles. The first-order valence-electron chi connectivity index (χ1n) is 19.3. The normalized spacial score (nSPS) is 48.1. The third-order valence-electron chi connectivity index (χ3n) is 12.6. The van der Waals surface area contributed by atoms with Crippen LogP contribution in [0.25, 0.3) is 0 Å². The molecule has 2 bridgehead atoms. The third-order valence-corrected chi connectivity index (χ3v) is 12.6. The molecular formula is C39H69NO13. The minimum absolute atomic E-state index is 0.129. The Kier molecular flexibility index (Phi) is 13.9. The smallest absolute Gasteiger partial charge is 0.311 e. The molecule has 4 heterocycles. The van der Waals surface area contributed by atoms with Crippen LogP contribution in [0.3, 0.4) is 0 Å². The molecule has 0 aromatic rings. The lowest BCUT2D eigenvalue weighted by Gasteiger charge is -2.49. The second-order valence-electron chi connectivity index (χ2n) is 17.4. The molecule has 18 atom stereocenters. The fourth-order valence-electron chi connectivity index (χ4n) is 9.05. The van der Waals surface area contributed by atoms with Gasteiger partial charge < -0.3 is 58.7 Å². The first-order valence-corrected chi connectivity index (χ1v) is 19.3. The van der Waals surface area contributed by atoms with E-state index < -0.39 is 102 Å². The molecule has 0 aromatic carbocycles. The number of cyclic esters (lactones) is 1. The minimum Gasteiger partial charge on any atom is -0.489 e. The molecule has 4 aliphatic rings. The lowest BCUT2D eigenvalue weighted by molar-refractivity contribution is -0.317. The van der Waals surface area contributed by atoms with Crippen molar-refractivity contribution in [1.29, 1.82) is 0 Å². The zero-order valence-electron chi connectivity index (χ0n) is 34.3. The van der Waals surface area contributed by atoms with E-state index in [4.69, 9.17) is 33.2 Å². The summed E-state index contributed by atoms with van der Waals surface area (Å²) in [5.41, 5.74) is -3.45. The molecule has 53 heavy (non-hydrogen) atoms. The molecule has 0 amide bonds. The van der Waals surface area contributed by atoms with Crippen LogP contribution in [0.1, 0.15) is 102 Å². The fourth-order valence-corrected chi connectivity index (χ4v) is 9.05. The number of hydrogen-bond donors (Lipinski definition) is 5. The molecule has 3 fully saturated rings. The number of fused-ring (bicyclic) bond motifs is 2. The highest BCUT2D eigenvalue weighted by Crippen LogP contribution is 2.47. The maximum atomic E-state index is 14.2. The Labute approximate surface area is 316 Å². The summed E-state index contributed by atoms with van der Waals surface area (Å²) in [6.45, 7) is 21.2. The Bertz CT molecular complexity index is 1290. The number of hydrogen-bond acceptors (Lipinski definition) is 14. The van der Waals surface area contributed by atoms with Gasteiger partial charge >= 0.3 is 5.97 Å². The highest BCUT2D eigenvalue weighted by Gasteiger charge is 2.57. The van der Waals surface area contributed by atoms with E-state index in [1.807, 2.05) is 34.7 Å². The van der Waals surface area contributed by atoms with E-state index >= 15 is 0 Å². The predicted molar refractivity (Wildman–Crippen MR) is 194 cm³/mol. The quantitative estimate of drug-likeness (QED) is 0.228. The van der Waals surface area contributed by atoms with Crippen molar-refractivity contribution in [3.05, 3.63) is 11.3 Å². The van der Waals surface area contributed by atoms with Gasteiger partial charge in [0.05, 0.1) is 42.0 Å². The maximum absolute atomic E-state index is 14.2. The van der Waals surface area contributed by atoms with Crippen molar-refractivity contribution < 1.29 is 63.5 Å². The second-order valence-corrected chi connectivity index (χ2v) is 17.4.